The Morgan fingerprint density at radius 1 is 1.12 bits per heavy atom. The van der Waals surface area contributed by atoms with E-state index in [2.05, 4.69) is 9.69 Å². The van der Waals surface area contributed by atoms with E-state index in [0.717, 1.165) is 6.07 Å². The van der Waals surface area contributed by atoms with Gasteiger partial charge in [-0.3, -0.25) is 0 Å². The zero-order valence-corrected chi connectivity index (χ0v) is 8.40. The highest BCUT2D eigenvalue weighted by atomic mass is 19.1. The van der Waals surface area contributed by atoms with E-state index in [-0.39, 0.29) is 21.8 Å². The van der Waals surface area contributed by atoms with Crippen LogP contribution in [0.4, 0.5) is 4.39 Å². The van der Waals surface area contributed by atoms with Gasteiger partial charge in [-0.25, -0.2) is 24.6 Å². The van der Waals surface area contributed by atoms with Crippen molar-refractivity contribution in [3.05, 3.63) is 57.3 Å². The molecule has 78 valence electrons. The van der Waals surface area contributed by atoms with Crippen LogP contribution in [0.1, 0.15) is 0 Å². The molecule has 0 fully saturated rings. The Bertz CT molecular complexity index is 716. The lowest BCUT2D eigenvalue weighted by Crippen LogP contribution is -2.16. The Morgan fingerprint density at radius 2 is 1.71 bits per heavy atom. The van der Waals surface area contributed by atoms with Crippen LogP contribution >= 0.6 is 0 Å². The second kappa shape index (κ2) is 5.08. The molecule has 0 aliphatic heterocycles. The lowest BCUT2D eigenvalue weighted by molar-refractivity contribution is 0.617. The molecule has 17 heavy (non-hydrogen) atoms. The van der Waals surface area contributed by atoms with Crippen LogP contribution in [0.15, 0.2) is 18.2 Å². The monoisotopic (exact) mass is 222 g/mol. The first-order valence-electron chi connectivity index (χ1n) is 4.27. The summed E-state index contributed by atoms with van der Waals surface area (Å²) in [5.74, 6) is -0.800. The van der Waals surface area contributed by atoms with Gasteiger partial charge in [0, 0.05) is 5.22 Å². The topological polar surface area (TPSA) is 56.3 Å². The van der Waals surface area contributed by atoms with Crippen LogP contribution in [0.2, 0.25) is 0 Å². The molecule has 0 spiro atoms. The number of rotatable bonds is 0. The van der Waals surface area contributed by atoms with Crippen LogP contribution in [0.3, 0.4) is 0 Å². The van der Waals surface area contributed by atoms with Gasteiger partial charge in [-0.15, -0.1) is 0 Å². The average molecular weight is 222 g/mol. The maximum atomic E-state index is 13.6. The number of nitriles is 2. The Hall–Kier alpha value is -3.15. The molecule has 0 saturated heterocycles. The molecule has 0 saturated carbocycles. The van der Waals surface area contributed by atoms with Crippen LogP contribution in [0.5, 0.6) is 0 Å². The minimum absolute atomic E-state index is 0.131. The summed E-state index contributed by atoms with van der Waals surface area (Å²) in [6, 6.07) is 6.72. The highest BCUT2D eigenvalue weighted by Crippen LogP contribution is 1.96. The highest BCUT2D eigenvalue weighted by Gasteiger charge is 2.02. The third kappa shape index (κ3) is 2.26. The maximum Gasteiger partial charge on any atom is 0.271 e. The van der Waals surface area contributed by atoms with Gasteiger partial charge in [0.2, 0.25) is 0 Å². The number of hydrogen-bond acceptors (Lipinski definition) is 2. The van der Waals surface area contributed by atoms with Gasteiger partial charge in [0.25, 0.3) is 11.4 Å². The zero-order chi connectivity index (χ0) is 12.8. The molecule has 0 bridgehead atoms. The van der Waals surface area contributed by atoms with Crippen LogP contribution < -0.4 is 10.4 Å². The Labute approximate surface area is 96.4 Å². The second-order valence-corrected chi connectivity index (χ2v) is 2.84. The van der Waals surface area contributed by atoms with Gasteiger partial charge in [0.05, 0.1) is 25.3 Å². The summed E-state index contributed by atoms with van der Waals surface area (Å²) < 4.78 is 13.6. The molecule has 1 aromatic carbocycles. The minimum atomic E-state index is -0.800. The van der Waals surface area contributed by atoms with Gasteiger partial charge >= 0.3 is 0 Å². The second-order valence-electron chi connectivity index (χ2n) is 2.84. The normalized spacial score (nSPS) is 12.3. The predicted octanol–water partition coefficient (Wildman–Crippen LogP) is 0.928. The van der Waals surface area contributed by atoms with Crippen molar-refractivity contribution in [2.75, 3.05) is 0 Å². The molecule has 0 aliphatic rings. The van der Waals surface area contributed by atoms with Crippen molar-refractivity contribution in [1.29, 1.82) is 10.5 Å². The van der Waals surface area contributed by atoms with Crippen molar-refractivity contribution in [2.24, 2.45) is 0 Å². The molecule has 0 amide bonds. The van der Waals surface area contributed by atoms with E-state index >= 15 is 0 Å². The molecular formula is C12H3FN4. The number of hydrogen-bond donors (Lipinski definition) is 0. The van der Waals surface area contributed by atoms with Crippen LogP contribution in [0.25, 0.3) is 21.1 Å². The Morgan fingerprint density at radius 3 is 2.12 bits per heavy atom. The maximum absolute atomic E-state index is 13.6. The molecule has 1 rings (SSSR count). The average Bonchev–Trinajstić information content (AvgIpc) is 2.34. The summed E-state index contributed by atoms with van der Waals surface area (Å²) in [5, 5.41) is 17.2. The lowest BCUT2D eigenvalue weighted by atomic mass is 10.2. The third-order valence-electron chi connectivity index (χ3n) is 1.93. The smallest absolute Gasteiger partial charge is 0.226 e. The van der Waals surface area contributed by atoms with Crippen molar-refractivity contribution < 1.29 is 4.39 Å². The van der Waals surface area contributed by atoms with Crippen molar-refractivity contribution in [1.82, 2.24) is 0 Å². The largest absolute Gasteiger partial charge is 0.271 e. The molecule has 0 unspecified atom stereocenters. The molecule has 0 radical (unpaired) electrons. The molecule has 0 heterocycles. The van der Waals surface area contributed by atoms with Crippen LogP contribution in [0, 0.1) is 41.6 Å². The Balaban J connectivity index is 3.78. The first-order chi connectivity index (χ1) is 8.17. The first-order valence-corrected chi connectivity index (χ1v) is 4.27. The van der Waals surface area contributed by atoms with E-state index in [1.165, 1.54) is 12.1 Å². The molecule has 0 aromatic heterocycles. The van der Waals surface area contributed by atoms with Crippen molar-refractivity contribution in [3.63, 3.8) is 0 Å². The fourth-order valence-corrected chi connectivity index (χ4v) is 1.15. The van der Waals surface area contributed by atoms with E-state index in [1.807, 2.05) is 0 Å². The van der Waals surface area contributed by atoms with Gasteiger partial charge in [-0.05, 0) is 11.3 Å². The van der Waals surface area contributed by atoms with Gasteiger partial charge in [0.1, 0.15) is 5.82 Å². The molecule has 0 N–H and O–H groups in total. The third-order valence-corrected chi connectivity index (χ3v) is 1.93. The van der Waals surface area contributed by atoms with E-state index in [9.17, 15) is 4.39 Å². The van der Waals surface area contributed by atoms with Crippen LogP contribution in [-0.2, 0) is 0 Å². The fraction of sp³-hybridized carbons (Fsp3) is 0. The summed E-state index contributed by atoms with van der Waals surface area (Å²) in [5.41, 5.74) is -0.605. The minimum Gasteiger partial charge on any atom is -0.226 e. The molecular weight excluding hydrogens is 219 g/mol. The summed E-state index contributed by atoms with van der Waals surface area (Å²) in [7, 11) is 0. The van der Waals surface area contributed by atoms with Gasteiger partial charge in [0.15, 0.2) is 0 Å². The molecule has 1 aromatic rings. The summed E-state index contributed by atoms with van der Waals surface area (Å²) in [6.45, 7) is 13.4. The van der Waals surface area contributed by atoms with E-state index in [1.54, 1.807) is 12.1 Å². The van der Waals surface area contributed by atoms with Crippen molar-refractivity contribution in [3.8, 4) is 12.1 Å². The molecule has 0 aliphatic carbocycles. The Kier molecular flexibility index (Phi) is 3.56. The van der Waals surface area contributed by atoms with Gasteiger partial charge in [-0.2, -0.15) is 0 Å². The molecule has 0 atom stereocenters. The first kappa shape index (κ1) is 11.9. The van der Waals surface area contributed by atoms with Crippen LogP contribution in [-0.4, -0.2) is 0 Å². The SMILES string of the molecule is [C-]#[N+]/C(C#N)=c1\cc/c(=C(/C#N)[N+]#[C-])c(F)c1. The highest BCUT2D eigenvalue weighted by molar-refractivity contribution is 5.67. The summed E-state index contributed by atoms with van der Waals surface area (Å²) in [6.07, 6.45) is 0. The van der Waals surface area contributed by atoms with E-state index in [4.69, 9.17) is 23.7 Å². The quantitative estimate of drug-likeness (QED) is 0.613. The van der Waals surface area contributed by atoms with E-state index < -0.39 is 5.82 Å². The molecule has 4 nitrogen and oxygen atoms in total. The summed E-state index contributed by atoms with van der Waals surface area (Å²) in [4.78, 5) is 5.83. The number of benzene rings is 1. The fourth-order valence-electron chi connectivity index (χ4n) is 1.15. The zero-order valence-electron chi connectivity index (χ0n) is 8.40. The van der Waals surface area contributed by atoms with Gasteiger partial charge < -0.3 is 0 Å². The number of halogens is 1. The lowest BCUT2D eigenvalue weighted by Gasteiger charge is -1.92. The van der Waals surface area contributed by atoms with Crippen molar-refractivity contribution >= 4 is 11.4 Å². The van der Waals surface area contributed by atoms with Crippen molar-refractivity contribution in [2.45, 2.75) is 0 Å². The van der Waals surface area contributed by atoms with Gasteiger partial charge in [-0.1, -0.05) is 12.1 Å². The standard InChI is InChI=1S/C12H3FN4/c1-16-11(6-14)8-3-4-9(10(13)5-8)12(7-15)17-2/h3-5H/b11-8+,12-9+. The van der Waals surface area contributed by atoms with E-state index in [0.29, 0.717) is 0 Å². The predicted molar refractivity (Wildman–Crippen MR) is 56.9 cm³/mol. The molecule has 5 heteroatoms. The number of nitrogens with zero attached hydrogens (tertiary/aromatic N) is 4. The summed E-state index contributed by atoms with van der Waals surface area (Å²) >= 11 is 0.